The predicted molar refractivity (Wildman–Crippen MR) is 96.0 cm³/mol. The molecule has 25 heavy (non-hydrogen) atoms. The van der Waals surface area contributed by atoms with Crippen LogP contribution in [-0.2, 0) is 10.0 Å². The lowest BCUT2D eigenvalue weighted by Gasteiger charge is -2.21. The molecule has 0 aliphatic rings. The van der Waals surface area contributed by atoms with E-state index in [1.165, 1.54) is 23.5 Å². The van der Waals surface area contributed by atoms with Crippen molar-refractivity contribution in [2.75, 3.05) is 32.4 Å². The van der Waals surface area contributed by atoms with Gasteiger partial charge in [0.1, 0.15) is 11.6 Å². The number of halogens is 2. The van der Waals surface area contributed by atoms with Crippen molar-refractivity contribution in [3.63, 3.8) is 0 Å². The summed E-state index contributed by atoms with van der Waals surface area (Å²) in [5.74, 6) is -1.03. The van der Waals surface area contributed by atoms with Gasteiger partial charge in [0.05, 0.1) is 11.8 Å². The second-order valence-electron chi connectivity index (χ2n) is 5.43. The molecule has 6 nitrogen and oxygen atoms in total. The number of hydrogen-bond acceptors (Lipinski definition) is 3. The summed E-state index contributed by atoms with van der Waals surface area (Å²) in [6.07, 6.45) is 0. The number of rotatable bonds is 8. The van der Waals surface area contributed by atoms with Crippen molar-refractivity contribution in [3.8, 4) is 0 Å². The maximum absolute atomic E-state index is 13.8. The highest BCUT2D eigenvalue weighted by Gasteiger charge is 2.19. The van der Waals surface area contributed by atoms with Gasteiger partial charge in [-0.2, -0.15) is 0 Å². The SMILES string of the molecule is CCN(CC)S(=O)(=O)CCNC(=NC)NC(C)c1ccc(F)cc1F. The normalized spacial score (nSPS) is 13.8. The van der Waals surface area contributed by atoms with Crippen LogP contribution in [0.3, 0.4) is 0 Å². The number of sulfonamides is 1. The Bertz CT molecular complexity index is 691. The summed E-state index contributed by atoms with van der Waals surface area (Å²) in [7, 11) is -1.80. The molecule has 0 aromatic heterocycles. The van der Waals surface area contributed by atoms with Crippen LogP contribution >= 0.6 is 0 Å². The molecule has 9 heteroatoms. The molecule has 2 N–H and O–H groups in total. The van der Waals surface area contributed by atoms with Gasteiger partial charge in [-0.3, -0.25) is 4.99 Å². The number of benzene rings is 1. The van der Waals surface area contributed by atoms with Crippen molar-refractivity contribution in [3.05, 3.63) is 35.4 Å². The topological polar surface area (TPSA) is 73.8 Å². The van der Waals surface area contributed by atoms with Gasteiger partial charge < -0.3 is 10.6 Å². The number of nitrogens with zero attached hydrogens (tertiary/aromatic N) is 2. The molecule has 0 aliphatic carbocycles. The van der Waals surface area contributed by atoms with Gasteiger partial charge in [-0.25, -0.2) is 21.5 Å². The Balaban J connectivity index is 2.63. The number of hydrogen-bond donors (Lipinski definition) is 2. The maximum atomic E-state index is 13.8. The third-order valence-electron chi connectivity index (χ3n) is 3.76. The average Bonchev–Trinajstić information content (AvgIpc) is 2.54. The zero-order valence-electron chi connectivity index (χ0n) is 15.0. The van der Waals surface area contributed by atoms with Gasteiger partial charge in [0.25, 0.3) is 0 Å². The lowest BCUT2D eigenvalue weighted by Crippen LogP contribution is -2.43. The minimum atomic E-state index is -3.33. The first-order valence-electron chi connectivity index (χ1n) is 8.15. The maximum Gasteiger partial charge on any atom is 0.215 e. The quantitative estimate of drug-likeness (QED) is 0.537. The lowest BCUT2D eigenvalue weighted by molar-refractivity contribution is 0.445. The highest BCUT2D eigenvalue weighted by atomic mass is 32.2. The molecular weight excluding hydrogens is 350 g/mol. The van der Waals surface area contributed by atoms with Crippen LogP contribution in [0.15, 0.2) is 23.2 Å². The second-order valence-corrected chi connectivity index (χ2v) is 7.52. The molecule has 0 spiro atoms. The van der Waals surface area contributed by atoms with E-state index in [2.05, 4.69) is 15.6 Å². The van der Waals surface area contributed by atoms with Crippen molar-refractivity contribution >= 4 is 16.0 Å². The zero-order valence-corrected chi connectivity index (χ0v) is 15.8. The van der Waals surface area contributed by atoms with E-state index in [0.29, 0.717) is 24.6 Å². The van der Waals surface area contributed by atoms with Crippen LogP contribution in [0, 0.1) is 11.6 Å². The van der Waals surface area contributed by atoms with E-state index in [-0.39, 0.29) is 12.3 Å². The summed E-state index contributed by atoms with van der Waals surface area (Å²) < 4.78 is 52.4. The summed E-state index contributed by atoms with van der Waals surface area (Å²) >= 11 is 0. The first-order valence-corrected chi connectivity index (χ1v) is 9.76. The van der Waals surface area contributed by atoms with Crippen LogP contribution in [-0.4, -0.2) is 51.1 Å². The molecule has 0 aliphatic heterocycles. The van der Waals surface area contributed by atoms with E-state index in [1.807, 2.05) is 0 Å². The zero-order chi connectivity index (χ0) is 19.0. The van der Waals surface area contributed by atoms with E-state index < -0.39 is 27.7 Å². The van der Waals surface area contributed by atoms with Crippen LogP contribution in [0.5, 0.6) is 0 Å². The van der Waals surface area contributed by atoms with Crippen LogP contribution in [0.4, 0.5) is 8.78 Å². The van der Waals surface area contributed by atoms with E-state index in [9.17, 15) is 17.2 Å². The van der Waals surface area contributed by atoms with E-state index in [1.54, 1.807) is 20.8 Å². The molecule has 0 radical (unpaired) electrons. The molecule has 0 bridgehead atoms. The Labute approximate surface area is 148 Å². The Morgan fingerprint density at radius 3 is 2.44 bits per heavy atom. The summed E-state index contributed by atoms with van der Waals surface area (Å²) in [5, 5.41) is 5.85. The molecule has 1 unspecified atom stereocenters. The molecule has 0 heterocycles. The summed E-state index contributed by atoms with van der Waals surface area (Å²) in [4.78, 5) is 3.99. The average molecular weight is 376 g/mol. The van der Waals surface area contributed by atoms with Gasteiger partial charge in [0.15, 0.2) is 5.96 Å². The molecule has 0 fully saturated rings. The molecule has 0 amide bonds. The van der Waals surface area contributed by atoms with Crippen LogP contribution in [0.1, 0.15) is 32.4 Å². The largest absolute Gasteiger partial charge is 0.355 e. The summed E-state index contributed by atoms with van der Waals surface area (Å²) in [6.45, 7) is 6.29. The number of aliphatic imine (C=N–C) groups is 1. The Hall–Kier alpha value is -1.74. The minimum Gasteiger partial charge on any atom is -0.355 e. The van der Waals surface area contributed by atoms with Crippen LogP contribution in [0.2, 0.25) is 0 Å². The fourth-order valence-corrected chi connectivity index (χ4v) is 3.78. The molecule has 0 saturated heterocycles. The molecule has 1 aromatic carbocycles. The highest BCUT2D eigenvalue weighted by molar-refractivity contribution is 7.89. The van der Waals surface area contributed by atoms with Crippen LogP contribution < -0.4 is 10.6 Å². The minimum absolute atomic E-state index is 0.0747. The Kier molecular flexibility index (Phi) is 8.24. The monoisotopic (exact) mass is 376 g/mol. The number of guanidine groups is 1. The summed E-state index contributed by atoms with van der Waals surface area (Å²) in [5.41, 5.74) is 0.292. The first kappa shape index (κ1) is 21.3. The molecule has 1 atom stereocenters. The third-order valence-corrected chi connectivity index (χ3v) is 5.78. The van der Waals surface area contributed by atoms with Gasteiger partial charge in [0.2, 0.25) is 10.0 Å². The van der Waals surface area contributed by atoms with Gasteiger partial charge in [-0.05, 0) is 13.0 Å². The molecule has 0 saturated carbocycles. The van der Waals surface area contributed by atoms with E-state index >= 15 is 0 Å². The molecular formula is C16H26F2N4O2S. The molecule has 142 valence electrons. The van der Waals surface area contributed by atoms with E-state index in [0.717, 1.165) is 6.07 Å². The lowest BCUT2D eigenvalue weighted by atomic mass is 10.1. The summed E-state index contributed by atoms with van der Waals surface area (Å²) in [6, 6.07) is 2.90. The fraction of sp³-hybridized carbons (Fsp3) is 0.562. The first-order chi connectivity index (χ1) is 11.7. The standard InChI is InChI=1S/C16H26F2N4O2S/c1-5-22(6-2)25(23,24)10-9-20-16(19-4)21-12(3)14-8-7-13(17)11-15(14)18/h7-8,11-12H,5-6,9-10H2,1-4H3,(H2,19,20,21). The van der Waals surface area contributed by atoms with Crippen molar-refractivity contribution in [1.82, 2.24) is 14.9 Å². The highest BCUT2D eigenvalue weighted by Crippen LogP contribution is 2.17. The Morgan fingerprint density at radius 1 is 1.28 bits per heavy atom. The van der Waals surface area contributed by atoms with Crippen molar-refractivity contribution in [2.24, 2.45) is 4.99 Å². The van der Waals surface area contributed by atoms with Crippen LogP contribution in [0.25, 0.3) is 0 Å². The smallest absolute Gasteiger partial charge is 0.215 e. The van der Waals surface area contributed by atoms with E-state index in [4.69, 9.17) is 0 Å². The fourth-order valence-electron chi connectivity index (χ4n) is 2.37. The van der Waals surface area contributed by atoms with Gasteiger partial charge in [0, 0.05) is 38.3 Å². The molecule has 1 rings (SSSR count). The van der Waals surface area contributed by atoms with Gasteiger partial charge in [-0.15, -0.1) is 0 Å². The molecule has 1 aromatic rings. The van der Waals surface area contributed by atoms with Crippen molar-refractivity contribution in [1.29, 1.82) is 0 Å². The Morgan fingerprint density at radius 2 is 1.92 bits per heavy atom. The van der Waals surface area contributed by atoms with Gasteiger partial charge in [-0.1, -0.05) is 19.9 Å². The third kappa shape index (κ3) is 6.24. The van der Waals surface area contributed by atoms with Crippen molar-refractivity contribution < 1.29 is 17.2 Å². The van der Waals surface area contributed by atoms with Crippen molar-refractivity contribution in [2.45, 2.75) is 26.8 Å². The second kappa shape index (κ2) is 9.67. The van der Waals surface area contributed by atoms with Gasteiger partial charge >= 0.3 is 0 Å². The number of nitrogens with one attached hydrogen (secondary N) is 2. The predicted octanol–water partition coefficient (Wildman–Crippen LogP) is 1.86.